The minimum atomic E-state index is -0.437. The second kappa shape index (κ2) is 9.20. The van der Waals surface area contributed by atoms with Crippen LogP contribution in [0.1, 0.15) is 23.6 Å². The molecule has 0 bridgehead atoms. The first-order valence-electron chi connectivity index (χ1n) is 10.8. The van der Waals surface area contributed by atoms with Crippen LogP contribution in [0, 0.1) is 13.8 Å². The topological polar surface area (TPSA) is 67.9 Å². The summed E-state index contributed by atoms with van der Waals surface area (Å²) in [5.41, 5.74) is 4.41. The number of nitrogens with zero attached hydrogens (tertiary/aromatic N) is 1. The summed E-state index contributed by atoms with van der Waals surface area (Å²) < 4.78 is 11.1. The van der Waals surface area contributed by atoms with Gasteiger partial charge in [0.05, 0.1) is 25.0 Å². The lowest BCUT2D eigenvalue weighted by atomic mass is 10.0. The summed E-state index contributed by atoms with van der Waals surface area (Å²) in [5, 5.41) is 3.21. The van der Waals surface area contributed by atoms with Crippen LogP contribution in [0.3, 0.4) is 0 Å². The summed E-state index contributed by atoms with van der Waals surface area (Å²) in [5.74, 6) is 0.236. The predicted molar refractivity (Wildman–Crippen MR) is 130 cm³/mol. The number of hydrogen-bond acceptors (Lipinski definition) is 5. The number of imide groups is 1. The molecule has 6 nitrogen and oxygen atoms in total. The van der Waals surface area contributed by atoms with E-state index in [1.54, 1.807) is 43.5 Å². The summed E-state index contributed by atoms with van der Waals surface area (Å²) in [6.07, 6.45) is 0. The summed E-state index contributed by atoms with van der Waals surface area (Å²) in [6, 6.07) is 20.0. The summed E-state index contributed by atoms with van der Waals surface area (Å²) in [6.45, 7) is 6.39. The SMILES string of the molecule is CCOc1cccc(N2C(=O)C(Nc3ccc(C)c(C)c3)=C(c3ccccc3OC)C2=O)c1. The Morgan fingerprint density at radius 3 is 2.39 bits per heavy atom. The average Bonchev–Trinajstić information content (AvgIpc) is 3.05. The zero-order valence-electron chi connectivity index (χ0n) is 19.1. The van der Waals surface area contributed by atoms with Crippen LogP contribution in [0.5, 0.6) is 11.5 Å². The van der Waals surface area contributed by atoms with Gasteiger partial charge in [0.2, 0.25) is 0 Å². The number of aryl methyl sites for hydroxylation is 2. The smallest absolute Gasteiger partial charge is 0.282 e. The van der Waals surface area contributed by atoms with E-state index in [2.05, 4.69) is 5.32 Å². The summed E-state index contributed by atoms with van der Waals surface area (Å²) in [7, 11) is 1.54. The molecular weight excluding hydrogens is 416 g/mol. The highest BCUT2D eigenvalue weighted by Crippen LogP contribution is 2.38. The van der Waals surface area contributed by atoms with Gasteiger partial charge in [0, 0.05) is 17.3 Å². The maximum absolute atomic E-state index is 13.7. The van der Waals surface area contributed by atoms with Crippen molar-refractivity contribution in [3.8, 4) is 11.5 Å². The van der Waals surface area contributed by atoms with Gasteiger partial charge in [-0.2, -0.15) is 0 Å². The molecule has 1 aliphatic heterocycles. The number of para-hydroxylation sites is 1. The molecule has 1 aliphatic rings. The first-order chi connectivity index (χ1) is 15.9. The molecule has 0 radical (unpaired) electrons. The zero-order chi connectivity index (χ0) is 23.5. The van der Waals surface area contributed by atoms with E-state index in [4.69, 9.17) is 9.47 Å². The second-order valence-electron chi connectivity index (χ2n) is 7.75. The Balaban J connectivity index is 1.84. The second-order valence-corrected chi connectivity index (χ2v) is 7.75. The fourth-order valence-electron chi connectivity index (χ4n) is 3.82. The maximum atomic E-state index is 13.7. The molecule has 1 N–H and O–H groups in total. The van der Waals surface area contributed by atoms with E-state index < -0.39 is 11.8 Å². The van der Waals surface area contributed by atoms with Gasteiger partial charge in [-0.1, -0.05) is 30.3 Å². The molecule has 2 amide bonds. The van der Waals surface area contributed by atoms with Gasteiger partial charge in [0.15, 0.2) is 0 Å². The molecule has 0 spiro atoms. The molecule has 3 aromatic carbocycles. The third-order valence-electron chi connectivity index (χ3n) is 5.62. The van der Waals surface area contributed by atoms with Gasteiger partial charge in [-0.05, 0) is 62.2 Å². The Hall–Kier alpha value is -4.06. The molecule has 0 saturated carbocycles. The Labute approximate surface area is 193 Å². The van der Waals surface area contributed by atoms with Crippen LogP contribution in [-0.2, 0) is 9.59 Å². The number of amides is 2. The van der Waals surface area contributed by atoms with Gasteiger partial charge in [-0.25, -0.2) is 4.90 Å². The van der Waals surface area contributed by atoms with Gasteiger partial charge in [-0.3, -0.25) is 9.59 Å². The lowest BCUT2D eigenvalue weighted by molar-refractivity contribution is -0.120. The molecule has 6 heteroatoms. The van der Waals surface area contributed by atoms with E-state index in [1.165, 1.54) is 4.90 Å². The van der Waals surface area contributed by atoms with Crippen LogP contribution in [0.15, 0.2) is 72.4 Å². The number of rotatable bonds is 7. The largest absolute Gasteiger partial charge is 0.496 e. The molecule has 168 valence electrons. The van der Waals surface area contributed by atoms with Crippen LogP contribution in [0.25, 0.3) is 5.57 Å². The van der Waals surface area contributed by atoms with E-state index in [0.717, 1.165) is 16.8 Å². The number of carbonyl (C=O) groups excluding carboxylic acids is 2. The van der Waals surface area contributed by atoms with E-state index in [9.17, 15) is 9.59 Å². The quantitative estimate of drug-likeness (QED) is 0.515. The molecule has 1 heterocycles. The highest BCUT2D eigenvalue weighted by atomic mass is 16.5. The van der Waals surface area contributed by atoms with Gasteiger partial charge in [0.1, 0.15) is 17.2 Å². The van der Waals surface area contributed by atoms with Crippen molar-refractivity contribution in [2.24, 2.45) is 0 Å². The predicted octanol–water partition coefficient (Wildman–Crippen LogP) is 5.11. The van der Waals surface area contributed by atoms with Crippen molar-refractivity contribution >= 4 is 28.8 Å². The number of carbonyl (C=O) groups is 2. The van der Waals surface area contributed by atoms with Crippen molar-refractivity contribution in [1.82, 2.24) is 0 Å². The van der Waals surface area contributed by atoms with E-state index >= 15 is 0 Å². The molecule has 0 unspecified atom stereocenters. The fourth-order valence-corrected chi connectivity index (χ4v) is 3.82. The minimum absolute atomic E-state index is 0.203. The van der Waals surface area contributed by atoms with Crippen molar-refractivity contribution < 1.29 is 19.1 Å². The highest BCUT2D eigenvalue weighted by molar-refractivity contribution is 6.46. The van der Waals surface area contributed by atoms with Gasteiger partial charge in [0.25, 0.3) is 11.8 Å². The first-order valence-corrected chi connectivity index (χ1v) is 10.8. The van der Waals surface area contributed by atoms with Crippen LogP contribution < -0.4 is 19.7 Å². The monoisotopic (exact) mass is 442 g/mol. The van der Waals surface area contributed by atoms with Crippen molar-refractivity contribution in [3.05, 3.63) is 89.1 Å². The highest BCUT2D eigenvalue weighted by Gasteiger charge is 2.41. The van der Waals surface area contributed by atoms with E-state index in [0.29, 0.717) is 29.4 Å². The number of ether oxygens (including phenoxy) is 2. The molecule has 4 rings (SSSR count). The average molecular weight is 443 g/mol. The molecule has 0 aromatic heterocycles. The zero-order valence-corrected chi connectivity index (χ0v) is 19.1. The van der Waals surface area contributed by atoms with Crippen molar-refractivity contribution in [1.29, 1.82) is 0 Å². The number of anilines is 2. The molecule has 33 heavy (non-hydrogen) atoms. The Bertz CT molecular complexity index is 1260. The Morgan fingerprint density at radius 1 is 0.879 bits per heavy atom. The maximum Gasteiger partial charge on any atom is 0.282 e. The normalized spacial score (nSPS) is 13.5. The van der Waals surface area contributed by atoms with Crippen LogP contribution in [0.2, 0.25) is 0 Å². The fraction of sp³-hybridized carbons (Fsp3) is 0.185. The molecular formula is C27H26N2O4. The van der Waals surface area contributed by atoms with Crippen LogP contribution in [-0.4, -0.2) is 25.5 Å². The Morgan fingerprint density at radius 2 is 1.67 bits per heavy atom. The lowest BCUT2D eigenvalue weighted by Crippen LogP contribution is -2.32. The molecule has 0 fully saturated rings. The summed E-state index contributed by atoms with van der Waals surface area (Å²) >= 11 is 0. The summed E-state index contributed by atoms with van der Waals surface area (Å²) in [4.78, 5) is 28.5. The molecule has 0 atom stereocenters. The number of nitrogens with one attached hydrogen (secondary N) is 1. The Kier molecular flexibility index (Phi) is 6.18. The molecule has 3 aromatic rings. The number of hydrogen-bond donors (Lipinski definition) is 1. The van der Waals surface area contributed by atoms with Crippen molar-refractivity contribution in [2.75, 3.05) is 23.9 Å². The van der Waals surface area contributed by atoms with E-state index in [1.807, 2.05) is 51.1 Å². The van der Waals surface area contributed by atoms with Crippen molar-refractivity contribution in [2.45, 2.75) is 20.8 Å². The van der Waals surface area contributed by atoms with Gasteiger partial charge >= 0.3 is 0 Å². The number of benzene rings is 3. The van der Waals surface area contributed by atoms with Crippen LogP contribution in [0.4, 0.5) is 11.4 Å². The van der Waals surface area contributed by atoms with Crippen LogP contribution >= 0.6 is 0 Å². The van der Waals surface area contributed by atoms with Gasteiger partial charge in [-0.15, -0.1) is 0 Å². The first kappa shape index (κ1) is 22.1. The third kappa shape index (κ3) is 4.20. The number of methoxy groups -OCH3 is 1. The minimum Gasteiger partial charge on any atom is -0.496 e. The lowest BCUT2D eigenvalue weighted by Gasteiger charge is -2.17. The standard InChI is InChI=1S/C27H26N2O4/c1-5-33-21-10-8-9-20(16-21)29-26(30)24(22-11-6-7-12-23(22)32-4)25(27(29)31)28-19-14-13-17(2)18(3)15-19/h6-16,28H,5H2,1-4H3. The molecule has 0 saturated heterocycles. The van der Waals surface area contributed by atoms with Crippen molar-refractivity contribution in [3.63, 3.8) is 0 Å². The van der Waals surface area contributed by atoms with E-state index in [-0.39, 0.29) is 11.3 Å². The molecule has 0 aliphatic carbocycles. The van der Waals surface area contributed by atoms with Gasteiger partial charge < -0.3 is 14.8 Å². The third-order valence-corrected chi connectivity index (χ3v) is 5.62.